The standard InChI is InChI=1S/C39H30N2O5/c1-44-24-46-38-29(22-42)20-27-11-3-6-15-32(27)37(38)36-31-14-5-2-10-26(31)17-18-35(36)45-23-25-9-8-13-30(19-25)40-39(43)34-21-28-12-4-7-16-33(28)41-34/h2-22,41H,23-24H2,1H3,(H,40,43). The van der Waals surface area contributed by atoms with Crippen LogP contribution in [0.15, 0.2) is 121 Å². The van der Waals surface area contributed by atoms with Crippen molar-refractivity contribution in [3.63, 3.8) is 0 Å². The van der Waals surface area contributed by atoms with Gasteiger partial charge in [-0.25, -0.2) is 0 Å². The van der Waals surface area contributed by atoms with E-state index in [1.807, 2.05) is 121 Å². The summed E-state index contributed by atoms with van der Waals surface area (Å²) < 4.78 is 17.9. The average molecular weight is 607 g/mol. The summed E-state index contributed by atoms with van der Waals surface area (Å²) >= 11 is 0. The number of aldehydes is 1. The van der Waals surface area contributed by atoms with Gasteiger partial charge in [0.2, 0.25) is 0 Å². The first-order valence-corrected chi connectivity index (χ1v) is 14.9. The molecule has 7 aromatic rings. The first-order valence-electron chi connectivity index (χ1n) is 14.9. The highest BCUT2D eigenvalue weighted by Crippen LogP contribution is 2.47. The van der Waals surface area contributed by atoms with Crippen LogP contribution >= 0.6 is 0 Å². The molecule has 7 rings (SSSR count). The molecular formula is C39H30N2O5. The topological polar surface area (TPSA) is 89.7 Å². The van der Waals surface area contributed by atoms with Crippen LogP contribution in [0.4, 0.5) is 5.69 Å². The Balaban J connectivity index is 1.26. The second kappa shape index (κ2) is 12.6. The van der Waals surface area contributed by atoms with E-state index in [0.717, 1.165) is 55.4 Å². The summed E-state index contributed by atoms with van der Waals surface area (Å²) in [7, 11) is 1.55. The van der Waals surface area contributed by atoms with Gasteiger partial charge in [-0.3, -0.25) is 9.59 Å². The molecule has 0 saturated carbocycles. The number of benzene rings is 6. The van der Waals surface area contributed by atoms with E-state index < -0.39 is 0 Å². The van der Waals surface area contributed by atoms with Gasteiger partial charge in [0.25, 0.3) is 5.91 Å². The molecule has 0 atom stereocenters. The third-order valence-corrected chi connectivity index (χ3v) is 7.97. The van der Waals surface area contributed by atoms with Gasteiger partial charge in [-0.2, -0.15) is 0 Å². The van der Waals surface area contributed by atoms with Crippen molar-refractivity contribution in [3.8, 4) is 22.6 Å². The fourth-order valence-corrected chi connectivity index (χ4v) is 5.88. The van der Waals surface area contributed by atoms with Crippen molar-refractivity contribution in [2.75, 3.05) is 19.2 Å². The zero-order valence-electron chi connectivity index (χ0n) is 25.1. The van der Waals surface area contributed by atoms with Crippen molar-refractivity contribution in [3.05, 3.63) is 138 Å². The molecule has 0 fully saturated rings. The SMILES string of the molecule is COCOc1c(C=O)cc2ccccc2c1-c1c(OCc2cccc(NC(=O)c3cc4ccccc4[nH]3)c2)ccc2ccccc12. The third kappa shape index (κ3) is 5.56. The molecule has 7 nitrogen and oxygen atoms in total. The highest BCUT2D eigenvalue weighted by Gasteiger charge is 2.22. The zero-order valence-corrected chi connectivity index (χ0v) is 25.1. The molecule has 6 aromatic carbocycles. The lowest BCUT2D eigenvalue weighted by Gasteiger charge is -2.21. The van der Waals surface area contributed by atoms with Crippen molar-refractivity contribution in [1.82, 2.24) is 4.98 Å². The number of aromatic amines is 1. The molecular weight excluding hydrogens is 576 g/mol. The maximum Gasteiger partial charge on any atom is 0.272 e. The molecule has 0 aliphatic carbocycles. The molecule has 1 amide bonds. The number of hydrogen-bond donors (Lipinski definition) is 2. The van der Waals surface area contributed by atoms with Crippen LogP contribution in [0.1, 0.15) is 26.4 Å². The van der Waals surface area contributed by atoms with E-state index in [1.165, 1.54) is 0 Å². The summed E-state index contributed by atoms with van der Waals surface area (Å²) in [6, 6.07) is 39.0. The summed E-state index contributed by atoms with van der Waals surface area (Å²) in [6.45, 7) is 0.213. The number of ether oxygens (including phenoxy) is 3. The van der Waals surface area contributed by atoms with Crippen molar-refractivity contribution in [2.45, 2.75) is 6.61 Å². The van der Waals surface area contributed by atoms with E-state index in [2.05, 4.69) is 10.3 Å². The number of rotatable bonds is 10. The quantitative estimate of drug-likeness (QED) is 0.120. The van der Waals surface area contributed by atoms with Gasteiger partial charge in [0.05, 0.1) is 5.56 Å². The molecule has 0 unspecified atom stereocenters. The fourth-order valence-electron chi connectivity index (χ4n) is 5.88. The number of aromatic nitrogens is 1. The lowest BCUT2D eigenvalue weighted by atomic mass is 9.90. The molecule has 46 heavy (non-hydrogen) atoms. The predicted molar refractivity (Wildman–Crippen MR) is 182 cm³/mol. The highest BCUT2D eigenvalue weighted by atomic mass is 16.7. The first kappa shape index (κ1) is 28.8. The minimum Gasteiger partial charge on any atom is -0.488 e. The van der Waals surface area contributed by atoms with Gasteiger partial charge < -0.3 is 24.5 Å². The van der Waals surface area contributed by atoms with Crippen molar-refractivity contribution < 1.29 is 23.8 Å². The van der Waals surface area contributed by atoms with Crippen molar-refractivity contribution in [1.29, 1.82) is 0 Å². The second-order valence-corrected chi connectivity index (χ2v) is 10.9. The Morgan fingerprint density at radius 1 is 0.739 bits per heavy atom. The number of amides is 1. The van der Waals surface area contributed by atoms with Crippen LogP contribution in [-0.4, -0.2) is 31.1 Å². The second-order valence-electron chi connectivity index (χ2n) is 10.9. The molecule has 0 bridgehead atoms. The molecule has 0 saturated heterocycles. The maximum atomic E-state index is 13.0. The Morgan fingerprint density at radius 2 is 1.48 bits per heavy atom. The van der Waals surface area contributed by atoms with E-state index >= 15 is 0 Å². The highest BCUT2D eigenvalue weighted by molar-refractivity contribution is 6.12. The molecule has 1 heterocycles. The van der Waals surface area contributed by atoms with Gasteiger partial charge in [0.1, 0.15) is 23.8 Å². The van der Waals surface area contributed by atoms with Gasteiger partial charge in [-0.05, 0) is 63.5 Å². The zero-order chi connectivity index (χ0) is 31.5. The van der Waals surface area contributed by atoms with Crippen LogP contribution in [0, 0.1) is 0 Å². The molecule has 0 aliphatic rings. The van der Waals surface area contributed by atoms with Crippen LogP contribution in [0.3, 0.4) is 0 Å². The van der Waals surface area contributed by atoms with Crippen molar-refractivity contribution in [2.24, 2.45) is 0 Å². The monoisotopic (exact) mass is 606 g/mol. The minimum atomic E-state index is -0.225. The normalized spacial score (nSPS) is 11.2. The summed E-state index contributed by atoms with van der Waals surface area (Å²) in [5.74, 6) is 0.830. The van der Waals surface area contributed by atoms with Crippen LogP contribution in [0.5, 0.6) is 11.5 Å². The number of carbonyl (C=O) groups excluding carboxylic acids is 2. The molecule has 1 aromatic heterocycles. The van der Waals surface area contributed by atoms with Crippen LogP contribution < -0.4 is 14.8 Å². The van der Waals surface area contributed by atoms with Crippen molar-refractivity contribution >= 4 is 50.3 Å². The molecule has 0 aliphatic heterocycles. The van der Waals surface area contributed by atoms with E-state index in [0.29, 0.717) is 28.4 Å². The Bertz CT molecular complexity index is 2200. The number of hydrogen-bond acceptors (Lipinski definition) is 5. The Morgan fingerprint density at radius 3 is 2.26 bits per heavy atom. The molecule has 0 spiro atoms. The lowest BCUT2D eigenvalue weighted by molar-refractivity contribution is 0.0510. The fraction of sp³-hybridized carbons (Fsp3) is 0.0769. The third-order valence-electron chi connectivity index (χ3n) is 7.97. The summed E-state index contributed by atoms with van der Waals surface area (Å²) in [5.41, 5.74) is 4.90. The Labute approximate surface area is 265 Å². The summed E-state index contributed by atoms with van der Waals surface area (Å²) in [4.78, 5) is 28.6. The molecule has 7 heteroatoms. The largest absolute Gasteiger partial charge is 0.488 e. The number of para-hydroxylation sites is 1. The predicted octanol–water partition coefficient (Wildman–Crippen LogP) is 8.77. The van der Waals surface area contributed by atoms with Crippen LogP contribution in [0.2, 0.25) is 0 Å². The molecule has 0 radical (unpaired) electrons. The number of fused-ring (bicyclic) bond motifs is 3. The van der Waals surface area contributed by atoms with Gasteiger partial charge >= 0.3 is 0 Å². The molecule has 2 N–H and O–H groups in total. The van der Waals surface area contributed by atoms with Gasteiger partial charge in [0, 0.05) is 34.8 Å². The first-order chi connectivity index (χ1) is 22.6. The average Bonchev–Trinajstić information content (AvgIpc) is 3.54. The van der Waals surface area contributed by atoms with E-state index in [1.54, 1.807) is 7.11 Å². The number of H-pyrrole nitrogens is 1. The van der Waals surface area contributed by atoms with E-state index in [4.69, 9.17) is 14.2 Å². The van der Waals surface area contributed by atoms with Crippen LogP contribution in [-0.2, 0) is 11.3 Å². The number of anilines is 1. The number of methoxy groups -OCH3 is 1. The van der Waals surface area contributed by atoms with Gasteiger partial charge in [-0.1, -0.05) is 84.9 Å². The number of nitrogens with one attached hydrogen (secondary N) is 2. The van der Waals surface area contributed by atoms with E-state index in [-0.39, 0.29) is 19.3 Å². The smallest absolute Gasteiger partial charge is 0.272 e. The maximum absolute atomic E-state index is 13.0. The number of carbonyl (C=O) groups is 2. The molecule has 226 valence electrons. The van der Waals surface area contributed by atoms with Crippen LogP contribution in [0.25, 0.3) is 43.6 Å². The van der Waals surface area contributed by atoms with E-state index in [9.17, 15) is 9.59 Å². The summed E-state index contributed by atoms with van der Waals surface area (Å²) in [6.07, 6.45) is 0.808. The minimum absolute atomic E-state index is 0.0237. The van der Waals surface area contributed by atoms with Gasteiger partial charge in [-0.15, -0.1) is 0 Å². The summed E-state index contributed by atoms with van der Waals surface area (Å²) in [5, 5.41) is 7.76. The van der Waals surface area contributed by atoms with Gasteiger partial charge in [0.15, 0.2) is 13.1 Å². The Hall–Kier alpha value is -5.92. The lowest BCUT2D eigenvalue weighted by Crippen LogP contribution is -2.12. The Kier molecular flexibility index (Phi) is 7.89.